The summed E-state index contributed by atoms with van der Waals surface area (Å²) < 4.78 is 3.48. The molecular formula is C28H31N7O3. The van der Waals surface area contributed by atoms with Crippen LogP contribution in [-0.4, -0.2) is 41.6 Å². The molecule has 5 heterocycles. The number of hydrogen-bond acceptors (Lipinski definition) is 7. The van der Waals surface area contributed by atoms with Gasteiger partial charge in [-0.1, -0.05) is 19.8 Å². The monoisotopic (exact) mass is 513 g/mol. The number of aliphatic hydroxyl groups excluding tert-OH is 1. The zero-order valence-electron chi connectivity index (χ0n) is 21.6. The number of unbranched alkanes of at least 4 members (excludes halogenated alkanes) is 2. The Morgan fingerprint density at radius 3 is 2.68 bits per heavy atom. The maximum Gasteiger partial charge on any atom is 0.276 e. The van der Waals surface area contributed by atoms with Gasteiger partial charge in [0.1, 0.15) is 23.0 Å². The summed E-state index contributed by atoms with van der Waals surface area (Å²) in [5, 5.41) is 13.5. The number of carbonyl (C=O) groups excluding carboxylic acids is 1. The van der Waals surface area contributed by atoms with Gasteiger partial charge in [0, 0.05) is 62.2 Å². The minimum absolute atomic E-state index is 0.136. The minimum Gasteiger partial charge on any atom is -0.392 e. The highest BCUT2D eigenvalue weighted by molar-refractivity contribution is 6.06. The van der Waals surface area contributed by atoms with Gasteiger partial charge in [-0.05, 0) is 42.2 Å². The fourth-order valence-corrected chi connectivity index (χ4v) is 4.89. The van der Waals surface area contributed by atoms with E-state index < -0.39 is 0 Å². The molecule has 5 rings (SSSR count). The Bertz CT molecular complexity index is 1510. The van der Waals surface area contributed by atoms with E-state index in [1.165, 1.54) is 22.5 Å². The van der Waals surface area contributed by atoms with Crippen LogP contribution in [0.4, 0.5) is 17.3 Å². The van der Waals surface area contributed by atoms with E-state index in [0.29, 0.717) is 52.8 Å². The van der Waals surface area contributed by atoms with Gasteiger partial charge >= 0.3 is 0 Å². The Hall–Kier alpha value is -4.31. The molecule has 2 N–H and O–H groups in total. The average molecular weight is 514 g/mol. The predicted octanol–water partition coefficient (Wildman–Crippen LogP) is 3.67. The summed E-state index contributed by atoms with van der Waals surface area (Å²) in [4.78, 5) is 40.7. The summed E-state index contributed by atoms with van der Waals surface area (Å²) in [5.74, 6) is 0.727. The Labute approximate surface area is 220 Å². The number of anilines is 3. The van der Waals surface area contributed by atoms with Crippen molar-refractivity contribution in [1.29, 1.82) is 0 Å². The van der Waals surface area contributed by atoms with Crippen LogP contribution in [0.5, 0.6) is 0 Å². The lowest BCUT2D eigenvalue weighted by Gasteiger charge is -2.29. The van der Waals surface area contributed by atoms with Crippen LogP contribution in [0.25, 0.3) is 11.1 Å². The molecule has 0 spiro atoms. The van der Waals surface area contributed by atoms with Crippen molar-refractivity contribution in [3.63, 3.8) is 0 Å². The van der Waals surface area contributed by atoms with Gasteiger partial charge in [-0.3, -0.25) is 19.5 Å². The van der Waals surface area contributed by atoms with Crippen LogP contribution >= 0.6 is 0 Å². The molecule has 0 saturated heterocycles. The van der Waals surface area contributed by atoms with Gasteiger partial charge in [0.05, 0.1) is 12.8 Å². The quantitative estimate of drug-likeness (QED) is 0.328. The smallest absolute Gasteiger partial charge is 0.276 e. The molecule has 196 valence electrons. The van der Waals surface area contributed by atoms with E-state index in [0.717, 1.165) is 25.7 Å². The number of hydrogen-bond donors (Lipinski definition) is 2. The first-order valence-electron chi connectivity index (χ1n) is 12.8. The van der Waals surface area contributed by atoms with Crippen molar-refractivity contribution >= 4 is 23.2 Å². The lowest BCUT2D eigenvalue weighted by molar-refractivity contribution is 0.0964. The molecule has 4 aromatic heterocycles. The molecule has 0 atom stereocenters. The van der Waals surface area contributed by atoms with Gasteiger partial charge < -0.3 is 19.6 Å². The first-order valence-corrected chi connectivity index (χ1v) is 12.8. The molecule has 0 saturated carbocycles. The number of aliphatic hydroxyl groups is 1. The van der Waals surface area contributed by atoms with E-state index in [1.54, 1.807) is 42.7 Å². The normalized spacial score (nSPS) is 13.0. The Morgan fingerprint density at radius 2 is 1.92 bits per heavy atom. The molecular weight excluding hydrogens is 482 g/mol. The molecule has 0 aliphatic carbocycles. The van der Waals surface area contributed by atoms with Crippen molar-refractivity contribution in [3.05, 3.63) is 82.6 Å². The summed E-state index contributed by atoms with van der Waals surface area (Å²) in [6.07, 6.45) is 14.4. The number of amides is 1. The van der Waals surface area contributed by atoms with Crippen LogP contribution < -0.4 is 15.8 Å². The molecule has 0 unspecified atom stereocenters. The van der Waals surface area contributed by atoms with Gasteiger partial charge in [0.25, 0.3) is 11.5 Å². The number of rotatable bonds is 9. The molecule has 4 aromatic rings. The highest BCUT2D eigenvalue weighted by Gasteiger charge is 2.29. The van der Waals surface area contributed by atoms with Crippen LogP contribution in [0.1, 0.15) is 47.8 Å². The lowest BCUT2D eigenvalue weighted by atomic mass is 10.0. The fourth-order valence-electron chi connectivity index (χ4n) is 4.89. The summed E-state index contributed by atoms with van der Waals surface area (Å²) in [6, 6.07) is 5.47. The Balaban J connectivity index is 1.49. The van der Waals surface area contributed by atoms with E-state index in [4.69, 9.17) is 0 Å². The van der Waals surface area contributed by atoms with Crippen molar-refractivity contribution < 1.29 is 9.90 Å². The summed E-state index contributed by atoms with van der Waals surface area (Å²) in [7, 11) is 1.66. The molecule has 10 heteroatoms. The zero-order valence-corrected chi connectivity index (χ0v) is 21.6. The first-order chi connectivity index (χ1) is 18.5. The van der Waals surface area contributed by atoms with Gasteiger partial charge in [-0.2, -0.15) is 0 Å². The second-order valence-corrected chi connectivity index (χ2v) is 9.43. The molecule has 1 amide bonds. The predicted molar refractivity (Wildman–Crippen MR) is 145 cm³/mol. The highest BCUT2D eigenvalue weighted by atomic mass is 16.3. The van der Waals surface area contributed by atoms with Gasteiger partial charge in [-0.15, -0.1) is 0 Å². The third kappa shape index (κ3) is 4.95. The van der Waals surface area contributed by atoms with Crippen molar-refractivity contribution in [2.75, 3.05) is 16.8 Å². The summed E-state index contributed by atoms with van der Waals surface area (Å²) in [6.45, 7) is 2.96. The number of fused-ring (bicyclic) bond motifs is 1. The molecule has 38 heavy (non-hydrogen) atoms. The van der Waals surface area contributed by atoms with Gasteiger partial charge in [-0.25, -0.2) is 9.97 Å². The van der Waals surface area contributed by atoms with Gasteiger partial charge in [0.2, 0.25) is 0 Å². The van der Waals surface area contributed by atoms with Crippen molar-refractivity contribution in [2.45, 2.75) is 45.8 Å². The van der Waals surface area contributed by atoms with Gasteiger partial charge in [0.15, 0.2) is 0 Å². The summed E-state index contributed by atoms with van der Waals surface area (Å²) in [5.41, 5.74) is 3.78. The average Bonchev–Trinajstić information content (AvgIpc) is 3.35. The number of nitrogens with zero attached hydrogens (tertiary/aromatic N) is 6. The highest BCUT2D eigenvalue weighted by Crippen LogP contribution is 2.33. The van der Waals surface area contributed by atoms with Crippen molar-refractivity contribution in [2.24, 2.45) is 7.05 Å². The van der Waals surface area contributed by atoms with E-state index in [9.17, 15) is 14.7 Å². The molecule has 0 radical (unpaired) electrons. The largest absolute Gasteiger partial charge is 0.392 e. The summed E-state index contributed by atoms with van der Waals surface area (Å²) >= 11 is 0. The van der Waals surface area contributed by atoms with E-state index in [2.05, 4.69) is 33.4 Å². The third-order valence-corrected chi connectivity index (χ3v) is 6.82. The third-order valence-electron chi connectivity index (χ3n) is 6.82. The second-order valence-electron chi connectivity index (χ2n) is 9.43. The standard InChI is InChI=1S/C28H31N7O3/c1-3-4-5-6-19-13-24-28(38)35(12-11-34(24)16-19)26-22(18-36)21(7-8-31-26)20-14-23(27(37)33(2)17-20)32-25-15-29-9-10-30-25/h7-10,13-17,36H,3-6,11-12,18H2,1-2H3,(H,30,32). The van der Waals surface area contributed by atoms with Crippen LogP contribution in [0.3, 0.4) is 0 Å². The molecule has 0 fully saturated rings. The Morgan fingerprint density at radius 1 is 1.05 bits per heavy atom. The van der Waals surface area contributed by atoms with Crippen LogP contribution in [0, 0.1) is 0 Å². The van der Waals surface area contributed by atoms with Crippen LogP contribution in [0.2, 0.25) is 0 Å². The number of carbonyl (C=O) groups is 1. The number of pyridine rings is 2. The molecule has 0 bridgehead atoms. The minimum atomic E-state index is -0.318. The van der Waals surface area contributed by atoms with Crippen molar-refractivity contribution in [1.82, 2.24) is 24.1 Å². The van der Waals surface area contributed by atoms with E-state index in [1.807, 2.05) is 10.6 Å². The maximum atomic E-state index is 13.5. The Kier molecular flexibility index (Phi) is 7.32. The van der Waals surface area contributed by atoms with Crippen molar-refractivity contribution in [3.8, 4) is 11.1 Å². The first kappa shape index (κ1) is 25.3. The maximum absolute atomic E-state index is 13.5. The zero-order chi connectivity index (χ0) is 26.6. The molecule has 1 aliphatic rings. The molecule has 1 aliphatic heterocycles. The number of nitrogens with one attached hydrogen (secondary N) is 1. The van der Waals surface area contributed by atoms with Crippen LogP contribution in [-0.2, 0) is 26.6 Å². The van der Waals surface area contributed by atoms with E-state index >= 15 is 0 Å². The SMILES string of the molecule is CCCCCc1cc2n(c1)CCN(c1nccc(-c3cc(Nc4cnccn4)c(=O)n(C)c3)c1CO)C2=O. The topological polar surface area (TPSA) is 118 Å². The fraction of sp³-hybridized carbons (Fsp3) is 0.321. The lowest BCUT2D eigenvalue weighted by Crippen LogP contribution is -2.41. The van der Waals surface area contributed by atoms with Crippen LogP contribution in [0.15, 0.2) is 60.2 Å². The molecule has 0 aromatic carbocycles. The van der Waals surface area contributed by atoms with E-state index in [-0.39, 0.29) is 18.1 Å². The second kappa shape index (κ2) is 11.0. The number of aryl methyl sites for hydroxylation is 2. The molecule has 10 nitrogen and oxygen atoms in total. The number of aromatic nitrogens is 5.